The van der Waals surface area contributed by atoms with Crippen LogP contribution in [-0.2, 0) is 0 Å². The van der Waals surface area contributed by atoms with Crippen LogP contribution in [0.2, 0.25) is 0 Å². The molecule has 0 bridgehead atoms. The summed E-state index contributed by atoms with van der Waals surface area (Å²) in [6.07, 6.45) is 6.22. The normalized spacial score (nSPS) is 13.0. The standard InChI is InChI=1S/C11H18/c1-6-7-8-11(9(2)3)10(4)5/h6-8,10H,2H2,1,3-5H3/b7-6-,11-8+. The van der Waals surface area contributed by atoms with Crippen LogP contribution < -0.4 is 0 Å². The van der Waals surface area contributed by atoms with Gasteiger partial charge >= 0.3 is 0 Å². The fourth-order valence-electron chi connectivity index (χ4n) is 1.03. The van der Waals surface area contributed by atoms with Crippen molar-refractivity contribution in [1.82, 2.24) is 0 Å². The van der Waals surface area contributed by atoms with Crippen LogP contribution >= 0.6 is 0 Å². The van der Waals surface area contributed by atoms with E-state index in [0.717, 1.165) is 5.57 Å². The highest BCUT2D eigenvalue weighted by Crippen LogP contribution is 2.17. The maximum atomic E-state index is 3.93. The highest BCUT2D eigenvalue weighted by molar-refractivity contribution is 5.31. The molecule has 0 aromatic carbocycles. The quantitative estimate of drug-likeness (QED) is 0.538. The van der Waals surface area contributed by atoms with Gasteiger partial charge in [-0.05, 0) is 25.3 Å². The van der Waals surface area contributed by atoms with Crippen molar-refractivity contribution in [2.24, 2.45) is 5.92 Å². The summed E-state index contributed by atoms with van der Waals surface area (Å²) in [5.41, 5.74) is 2.50. The van der Waals surface area contributed by atoms with Crippen molar-refractivity contribution < 1.29 is 0 Å². The average Bonchev–Trinajstić information content (AvgIpc) is 1.87. The minimum absolute atomic E-state index is 0.573. The summed E-state index contributed by atoms with van der Waals surface area (Å²) in [7, 11) is 0. The number of allylic oxidation sites excluding steroid dienone is 5. The molecule has 0 saturated carbocycles. The molecule has 0 rings (SSSR count). The zero-order valence-electron chi connectivity index (χ0n) is 8.02. The van der Waals surface area contributed by atoms with Crippen LogP contribution in [-0.4, -0.2) is 0 Å². The lowest BCUT2D eigenvalue weighted by atomic mass is 9.97. The third-order valence-corrected chi connectivity index (χ3v) is 1.58. The Labute approximate surface area is 70.3 Å². The zero-order valence-corrected chi connectivity index (χ0v) is 8.02. The van der Waals surface area contributed by atoms with Crippen molar-refractivity contribution in [2.75, 3.05) is 0 Å². The highest BCUT2D eigenvalue weighted by Gasteiger charge is 2.00. The molecular formula is C11H18. The van der Waals surface area contributed by atoms with E-state index in [2.05, 4.69) is 39.5 Å². The van der Waals surface area contributed by atoms with Gasteiger partial charge in [0, 0.05) is 0 Å². The SMILES string of the molecule is C=C(C)/C(=C\C=C/C)C(C)C. The summed E-state index contributed by atoms with van der Waals surface area (Å²) in [6, 6.07) is 0. The predicted octanol–water partition coefficient (Wildman–Crippen LogP) is 3.72. The van der Waals surface area contributed by atoms with E-state index in [1.165, 1.54) is 5.57 Å². The van der Waals surface area contributed by atoms with Crippen LogP contribution in [0.1, 0.15) is 27.7 Å². The predicted molar refractivity (Wildman–Crippen MR) is 52.5 cm³/mol. The van der Waals surface area contributed by atoms with E-state index in [-0.39, 0.29) is 0 Å². The van der Waals surface area contributed by atoms with Crippen molar-refractivity contribution >= 4 is 0 Å². The molecule has 0 N–H and O–H groups in total. The Morgan fingerprint density at radius 2 is 1.91 bits per heavy atom. The van der Waals surface area contributed by atoms with Gasteiger partial charge in [-0.2, -0.15) is 0 Å². The van der Waals surface area contributed by atoms with Gasteiger partial charge in [0.15, 0.2) is 0 Å². The van der Waals surface area contributed by atoms with E-state index in [9.17, 15) is 0 Å². The molecule has 0 amide bonds. The summed E-state index contributed by atoms with van der Waals surface area (Å²) in [5.74, 6) is 0.573. The Balaban J connectivity index is 4.46. The lowest BCUT2D eigenvalue weighted by Crippen LogP contribution is -1.93. The average molecular weight is 150 g/mol. The Kier molecular flexibility index (Phi) is 4.60. The van der Waals surface area contributed by atoms with E-state index in [0.29, 0.717) is 5.92 Å². The van der Waals surface area contributed by atoms with Crippen LogP contribution in [0.15, 0.2) is 36.0 Å². The fraction of sp³-hybridized carbons (Fsp3) is 0.455. The second-order valence-corrected chi connectivity index (χ2v) is 3.08. The molecule has 0 saturated heterocycles. The molecule has 0 nitrogen and oxygen atoms in total. The Morgan fingerprint density at radius 1 is 1.36 bits per heavy atom. The van der Waals surface area contributed by atoms with Crippen LogP contribution in [0.3, 0.4) is 0 Å². The van der Waals surface area contributed by atoms with E-state index in [1.54, 1.807) is 0 Å². The minimum atomic E-state index is 0.573. The number of hydrogen-bond acceptors (Lipinski definition) is 0. The van der Waals surface area contributed by atoms with Crippen molar-refractivity contribution in [1.29, 1.82) is 0 Å². The molecule has 0 atom stereocenters. The smallest absolute Gasteiger partial charge is 0.0216 e. The van der Waals surface area contributed by atoms with Gasteiger partial charge in [0.05, 0.1) is 0 Å². The summed E-state index contributed by atoms with van der Waals surface area (Å²) in [6.45, 7) is 12.4. The van der Waals surface area contributed by atoms with Gasteiger partial charge in [0.1, 0.15) is 0 Å². The number of rotatable bonds is 3. The maximum absolute atomic E-state index is 3.93. The van der Waals surface area contributed by atoms with Gasteiger partial charge in [0.25, 0.3) is 0 Å². The minimum Gasteiger partial charge on any atom is -0.0958 e. The van der Waals surface area contributed by atoms with Crippen molar-refractivity contribution in [2.45, 2.75) is 27.7 Å². The van der Waals surface area contributed by atoms with Gasteiger partial charge in [-0.25, -0.2) is 0 Å². The monoisotopic (exact) mass is 150 g/mol. The van der Waals surface area contributed by atoms with Crippen molar-refractivity contribution in [3.63, 3.8) is 0 Å². The topological polar surface area (TPSA) is 0 Å². The fourth-order valence-corrected chi connectivity index (χ4v) is 1.03. The molecule has 62 valence electrons. The molecule has 0 radical (unpaired) electrons. The zero-order chi connectivity index (χ0) is 8.85. The van der Waals surface area contributed by atoms with Crippen LogP contribution in [0.4, 0.5) is 0 Å². The third-order valence-electron chi connectivity index (χ3n) is 1.58. The van der Waals surface area contributed by atoms with Gasteiger partial charge in [-0.3, -0.25) is 0 Å². The Hall–Kier alpha value is -0.780. The summed E-state index contributed by atoms with van der Waals surface area (Å²) in [5, 5.41) is 0. The molecule has 0 aromatic heterocycles. The number of hydrogen-bond donors (Lipinski definition) is 0. The molecule has 0 unspecified atom stereocenters. The van der Waals surface area contributed by atoms with Gasteiger partial charge in [-0.1, -0.05) is 44.2 Å². The third kappa shape index (κ3) is 3.82. The molecule has 11 heavy (non-hydrogen) atoms. The molecule has 0 fully saturated rings. The lowest BCUT2D eigenvalue weighted by Gasteiger charge is -2.09. The van der Waals surface area contributed by atoms with Crippen LogP contribution in [0.5, 0.6) is 0 Å². The van der Waals surface area contributed by atoms with Crippen LogP contribution in [0.25, 0.3) is 0 Å². The molecule has 0 heterocycles. The Morgan fingerprint density at radius 3 is 2.18 bits per heavy atom. The first-order valence-electron chi connectivity index (χ1n) is 4.08. The molecule has 0 spiro atoms. The first kappa shape index (κ1) is 10.2. The van der Waals surface area contributed by atoms with E-state index < -0.39 is 0 Å². The first-order valence-corrected chi connectivity index (χ1v) is 4.08. The second kappa shape index (κ2) is 4.95. The lowest BCUT2D eigenvalue weighted by molar-refractivity contribution is 0.779. The largest absolute Gasteiger partial charge is 0.0958 e. The molecule has 0 aliphatic rings. The molecule has 0 aliphatic carbocycles. The Bertz CT molecular complexity index is 180. The molecule has 0 aromatic rings. The summed E-state index contributed by atoms with van der Waals surface area (Å²) < 4.78 is 0. The van der Waals surface area contributed by atoms with Gasteiger partial charge in [-0.15, -0.1) is 0 Å². The first-order chi connectivity index (χ1) is 5.09. The van der Waals surface area contributed by atoms with Crippen molar-refractivity contribution in [3.05, 3.63) is 36.0 Å². The van der Waals surface area contributed by atoms with E-state index >= 15 is 0 Å². The van der Waals surface area contributed by atoms with Crippen LogP contribution in [0, 0.1) is 5.92 Å². The second-order valence-electron chi connectivity index (χ2n) is 3.08. The summed E-state index contributed by atoms with van der Waals surface area (Å²) >= 11 is 0. The maximum Gasteiger partial charge on any atom is -0.0216 e. The van der Waals surface area contributed by atoms with E-state index in [1.807, 2.05) is 13.0 Å². The van der Waals surface area contributed by atoms with Crippen molar-refractivity contribution in [3.8, 4) is 0 Å². The van der Waals surface area contributed by atoms with Gasteiger partial charge in [0.2, 0.25) is 0 Å². The molecule has 0 heteroatoms. The highest BCUT2D eigenvalue weighted by atomic mass is 14.1. The summed E-state index contributed by atoms with van der Waals surface area (Å²) in [4.78, 5) is 0. The van der Waals surface area contributed by atoms with Gasteiger partial charge < -0.3 is 0 Å². The van der Waals surface area contributed by atoms with E-state index in [4.69, 9.17) is 0 Å². The molecule has 0 aliphatic heterocycles. The molecular weight excluding hydrogens is 132 g/mol.